The van der Waals surface area contributed by atoms with E-state index in [1.807, 2.05) is 48.7 Å². The molecule has 0 aliphatic heterocycles. The fraction of sp³-hybridized carbons (Fsp3) is 0.211. The largest absolute Gasteiger partial charge is 0.487 e. The van der Waals surface area contributed by atoms with Gasteiger partial charge in [-0.15, -0.1) is 0 Å². The fourth-order valence-corrected chi connectivity index (χ4v) is 2.54. The topological polar surface area (TPSA) is 80.1 Å². The number of ether oxygens (including phenoxy) is 1. The Morgan fingerprint density at radius 3 is 2.83 bits per heavy atom. The predicted molar refractivity (Wildman–Crippen MR) is 94.6 cm³/mol. The van der Waals surface area contributed by atoms with Crippen molar-refractivity contribution in [2.24, 2.45) is 5.73 Å². The minimum absolute atomic E-state index is 0.351. The number of H-pyrrole nitrogens is 1. The van der Waals surface area contributed by atoms with E-state index in [0.29, 0.717) is 13.2 Å². The van der Waals surface area contributed by atoms with Gasteiger partial charge < -0.3 is 20.8 Å². The van der Waals surface area contributed by atoms with Gasteiger partial charge in [-0.05, 0) is 30.2 Å². The molecule has 0 saturated carbocycles. The first kappa shape index (κ1) is 16.1. The molecular weight excluding hydrogens is 302 g/mol. The molecule has 0 aliphatic carbocycles. The third kappa shape index (κ3) is 3.75. The molecule has 0 fully saturated rings. The van der Waals surface area contributed by atoms with E-state index in [2.05, 4.69) is 16.4 Å². The smallest absolute Gasteiger partial charge is 0.234 e. The lowest BCUT2D eigenvalue weighted by Crippen LogP contribution is -2.38. The summed E-state index contributed by atoms with van der Waals surface area (Å²) in [5.41, 5.74) is 8.42. The van der Waals surface area contributed by atoms with E-state index in [1.165, 1.54) is 0 Å². The molecule has 0 unspecified atom stereocenters. The number of hydrogen-bond donors (Lipinski definition) is 3. The highest BCUT2D eigenvalue weighted by Crippen LogP contribution is 2.24. The van der Waals surface area contributed by atoms with Gasteiger partial charge in [0.05, 0.1) is 11.6 Å². The van der Waals surface area contributed by atoms with Crippen molar-refractivity contribution in [2.45, 2.75) is 26.1 Å². The van der Waals surface area contributed by atoms with E-state index in [1.54, 1.807) is 6.92 Å². The zero-order valence-electron chi connectivity index (χ0n) is 13.6. The van der Waals surface area contributed by atoms with Crippen molar-refractivity contribution < 1.29 is 9.53 Å². The van der Waals surface area contributed by atoms with E-state index in [-0.39, 0.29) is 11.9 Å². The van der Waals surface area contributed by atoms with Crippen LogP contribution in [-0.2, 0) is 17.9 Å². The highest BCUT2D eigenvalue weighted by Gasteiger charge is 2.08. The van der Waals surface area contributed by atoms with Gasteiger partial charge in [-0.3, -0.25) is 4.79 Å². The number of para-hydroxylation sites is 1. The van der Waals surface area contributed by atoms with Crippen molar-refractivity contribution in [2.75, 3.05) is 0 Å². The van der Waals surface area contributed by atoms with E-state index >= 15 is 0 Å². The van der Waals surface area contributed by atoms with Crippen molar-refractivity contribution in [3.8, 4) is 5.75 Å². The molecule has 24 heavy (non-hydrogen) atoms. The van der Waals surface area contributed by atoms with Crippen molar-refractivity contribution in [1.29, 1.82) is 0 Å². The molecule has 5 heteroatoms. The Bertz CT molecular complexity index is 841. The van der Waals surface area contributed by atoms with Gasteiger partial charge in [0.25, 0.3) is 0 Å². The second kappa shape index (κ2) is 7.19. The van der Waals surface area contributed by atoms with Gasteiger partial charge >= 0.3 is 0 Å². The molecule has 0 saturated heterocycles. The maximum atomic E-state index is 11.1. The van der Waals surface area contributed by atoms with Crippen LogP contribution in [0.3, 0.4) is 0 Å². The molecular formula is C19H21N3O2. The van der Waals surface area contributed by atoms with Crippen molar-refractivity contribution >= 4 is 16.8 Å². The van der Waals surface area contributed by atoms with Crippen molar-refractivity contribution in [1.82, 2.24) is 10.3 Å². The molecule has 2 aromatic carbocycles. The molecule has 1 heterocycles. The summed E-state index contributed by atoms with van der Waals surface area (Å²) < 4.78 is 5.96. The van der Waals surface area contributed by atoms with Crippen LogP contribution in [0.5, 0.6) is 5.75 Å². The van der Waals surface area contributed by atoms with Crippen LogP contribution in [0.2, 0.25) is 0 Å². The third-order valence-corrected chi connectivity index (χ3v) is 3.97. The van der Waals surface area contributed by atoms with E-state index < -0.39 is 0 Å². The average molecular weight is 323 g/mol. The second-order valence-electron chi connectivity index (χ2n) is 5.81. The molecule has 0 radical (unpaired) electrons. The van der Waals surface area contributed by atoms with Gasteiger partial charge in [-0.2, -0.15) is 0 Å². The lowest BCUT2D eigenvalue weighted by atomic mass is 10.1. The quantitative estimate of drug-likeness (QED) is 0.625. The number of nitrogens with two attached hydrogens (primary N) is 1. The summed E-state index contributed by atoms with van der Waals surface area (Å²) in [6.45, 7) is 2.83. The van der Waals surface area contributed by atoms with Crippen LogP contribution in [0.4, 0.5) is 0 Å². The summed E-state index contributed by atoms with van der Waals surface area (Å²) in [6, 6.07) is 15.7. The predicted octanol–water partition coefficient (Wildman–Crippen LogP) is 2.71. The Hall–Kier alpha value is -2.79. The first-order valence-corrected chi connectivity index (χ1v) is 7.93. The number of fused-ring (bicyclic) bond motifs is 1. The van der Waals surface area contributed by atoms with Crippen molar-refractivity contribution in [3.05, 3.63) is 65.9 Å². The lowest BCUT2D eigenvalue weighted by molar-refractivity contribution is -0.119. The highest BCUT2D eigenvalue weighted by molar-refractivity contribution is 5.85. The van der Waals surface area contributed by atoms with Crippen LogP contribution in [-0.4, -0.2) is 16.9 Å². The van der Waals surface area contributed by atoms with Gasteiger partial charge in [-0.1, -0.05) is 36.4 Å². The van der Waals surface area contributed by atoms with Gasteiger partial charge in [0.1, 0.15) is 12.4 Å². The summed E-state index contributed by atoms with van der Waals surface area (Å²) in [7, 11) is 0. The maximum Gasteiger partial charge on any atom is 0.234 e. The Balaban J connectivity index is 1.64. The lowest BCUT2D eigenvalue weighted by Gasteiger charge is -2.12. The number of primary amides is 1. The molecule has 3 aromatic rings. The van der Waals surface area contributed by atoms with Crippen LogP contribution in [0, 0.1) is 0 Å². The van der Waals surface area contributed by atoms with E-state index in [4.69, 9.17) is 10.5 Å². The monoisotopic (exact) mass is 323 g/mol. The summed E-state index contributed by atoms with van der Waals surface area (Å²) in [5.74, 6) is 0.483. The Morgan fingerprint density at radius 1 is 1.21 bits per heavy atom. The minimum Gasteiger partial charge on any atom is -0.487 e. The summed E-state index contributed by atoms with van der Waals surface area (Å²) in [6.07, 6.45) is 1.91. The third-order valence-electron chi connectivity index (χ3n) is 3.97. The number of amides is 1. The molecule has 1 amide bonds. The van der Waals surface area contributed by atoms with Crippen LogP contribution in [0.25, 0.3) is 10.9 Å². The number of aromatic amines is 1. The fourth-order valence-electron chi connectivity index (χ4n) is 2.54. The molecule has 1 aromatic heterocycles. The second-order valence-corrected chi connectivity index (χ2v) is 5.81. The molecule has 3 rings (SSSR count). The number of carbonyl (C=O) groups is 1. The number of hydrogen-bond acceptors (Lipinski definition) is 3. The molecule has 0 bridgehead atoms. The van der Waals surface area contributed by atoms with Crippen molar-refractivity contribution in [3.63, 3.8) is 0 Å². The molecule has 1 atom stereocenters. The first-order valence-electron chi connectivity index (χ1n) is 7.93. The number of carbonyl (C=O) groups excluding carboxylic acids is 1. The van der Waals surface area contributed by atoms with Gasteiger partial charge in [0, 0.05) is 18.1 Å². The molecule has 0 aliphatic rings. The van der Waals surface area contributed by atoms with E-state index in [9.17, 15) is 4.79 Å². The maximum absolute atomic E-state index is 11.1. The number of benzene rings is 2. The normalized spacial score (nSPS) is 12.2. The van der Waals surface area contributed by atoms with Gasteiger partial charge in [0.2, 0.25) is 5.91 Å². The van der Waals surface area contributed by atoms with Gasteiger partial charge in [-0.25, -0.2) is 0 Å². The zero-order valence-corrected chi connectivity index (χ0v) is 13.6. The number of rotatable bonds is 7. The molecule has 4 N–H and O–H groups in total. The Morgan fingerprint density at radius 2 is 2.00 bits per heavy atom. The standard InChI is InChI=1S/C19H21N3O2/c1-13(19(20)23)22-11-14-4-2-5-15(10-14)12-24-17-7-3-6-16-8-9-21-18(16)17/h2-10,13,21-22H,11-12H2,1H3,(H2,20,23)/t13-/m0/s1. The van der Waals surface area contributed by atoms with Crippen LogP contribution in [0.1, 0.15) is 18.1 Å². The number of aromatic nitrogens is 1. The van der Waals surface area contributed by atoms with Crippen LogP contribution < -0.4 is 15.8 Å². The highest BCUT2D eigenvalue weighted by atomic mass is 16.5. The van der Waals surface area contributed by atoms with E-state index in [0.717, 1.165) is 27.8 Å². The summed E-state index contributed by atoms with van der Waals surface area (Å²) >= 11 is 0. The SMILES string of the molecule is C[C@H](NCc1cccc(COc2cccc3cc[nH]c23)c1)C(N)=O. The first-order chi connectivity index (χ1) is 11.6. The van der Waals surface area contributed by atoms with Crippen LogP contribution >= 0.6 is 0 Å². The Kier molecular flexibility index (Phi) is 4.82. The summed E-state index contributed by atoms with van der Waals surface area (Å²) in [5, 5.41) is 4.23. The summed E-state index contributed by atoms with van der Waals surface area (Å²) in [4.78, 5) is 14.3. The Labute approximate surface area is 140 Å². The van der Waals surface area contributed by atoms with Crippen LogP contribution in [0.15, 0.2) is 54.7 Å². The minimum atomic E-state index is -0.353. The zero-order chi connectivity index (χ0) is 16.9. The average Bonchev–Trinajstić information content (AvgIpc) is 3.07. The van der Waals surface area contributed by atoms with Gasteiger partial charge in [0.15, 0.2) is 0 Å². The number of nitrogens with one attached hydrogen (secondary N) is 2. The molecule has 124 valence electrons. The molecule has 0 spiro atoms. The molecule has 5 nitrogen and oxygen atoms in total.